The zero-order chi connectivity index (χ0) is 14.6. The monoisotopic (exact) mass is 312 g/mol. The van der Waals surface area contributed by atoms with E-state index in [4.69, 9.17) is 16.3 Å². The van der Waals surface area contributed by atoms with Gasteiger partial charge in [-0.25, -0.2) is 8.42 Å². The third-order valence-electron chi connectivity index (χ3n) is 3.05. The van der Waals surface area contributed by atoms with Gasteiger partial charge in [0.2, 0.25) is 0 Å². The minimum absolute atomic E-state index is 0.136. The number of benzene rings is 2. The Bertz CT molecular complexity index is 695. The molecule has 0 N–H and O–H groups in total. The number of sulfone groups is 1. The predicted molar refractivity (Wildman–Crippen MR) is 83.3 cm³/mol. The fraction of sp³-hybridized carbons (Fsp3) is 0.333. The maximum absolute atomic E-state index is 11.1. The van der Waals surface area contributed by atoms with Gasteiger partial charge in [-0.05, 0) is 23.3 Å². The molecule has 0 aliphatic heterocycles. The van der Waals surface area contributed by atoms with Crippen LogP contribution in [0.2, 0.25) is 0 Å². The molecule has 0 fully saturated rings. The fourth-order valence-electron chi connectivity index (χ4n) is 2.09. The summed E-state index contributed by atoms with van der Waals surface area (Å²) in [5.74, 6) is 1.23. The van der Waals surface area contributed by atoms with Gasteiger partial charge < -0.3 is 4.74 Å². The van der Waals surface area contributed by atoms with Gasteiger partial charge in [-0.3, -0.25) is 0 Å². The smallest absolute Gasteiger partial charge is 0.147 e. The molecule has 0 radical (unpaired) electrons. The minimum atomic E-state index is -2.93. The number of alkyl halides is 1. The highest BCUT2D eigenvalue weighted by Crippen LogP contribution is 2.29. The zero-order valence-electron chi connectivity index (χ0n) is 11.3. The molecule has 0 unspecified atom stereocenters. The average Bonchev–Trinajstić information content (AvgIpc) is 2.42. The molecule has 0 bridgehead atoms. The highest BCUT2D eigenvalue weighted by molar-refractivity contribution is 7.90. The average molecular weight is 313 g/mol. The molecule has 0 aliphatic carbocycles. The van der Waals surface area contributed by atoms with Gasteiger partial charge in [0.15, 0.2) is 0 Å². The van der Waals surface area contributed by atoms with Crippen LogP contribution in [0.1, 0.15) is 12.0 Å². The van der Waals surface area contributed by atoms with Gasteiger partial charge in [0.05, 0.1) is 18.2 Å². The van der Waals surface area contributed by atoms with Crippen molar-refractivity contribution >= 4 is 32.2 Å². The molecule has 0 aromatic heterocycles. The van der Waals surface area contributed by atoms with Crippen molar-refractivity contribution < 1.29 is 13.2 Å². The summed E-state index contributed by atoms with van der Waals surface area (Å²) in [7, 11) is -2.93. The summed E-state index contributed by atoms with van der Waals surface area (Å²) < 4.78 is 27.8. The summed E-state index contributed by atoms with van der Waals surface area (Å²) in [5, 5.41) is 2.19. The number of ether oxygens (including phenoxy) is 1. The van der Waals surface area contributed by atoms with Crippen molar-refractivity contribution in [3.63, 3.8) is 0 Å². The third kappa shape index (κ3) is 3.87. The molecule has 0 amide bonds. The van der Waals surface area contributed by atoms with E-state index in [9.17, 15) is 8.42 Å². The van der Waals surface area contributed by atoms with Crippen molar-refractivity contribution in [1.82, 2.24) is 0 Å². The second-order valence-corrected chi connectivity index (χ2v) is 7.26. The first-order chi connectivity index (χ1) is 9.51. The maximum Gasteiger partial charge on any atom is 0.147 e. The number of hydrogen-bond acceptors (Lipinski definition) is 3. The van der Waals surface area contributed by atoms with E-state index in [1.807, 2.05) is 36.4 Å². The second kappa shape index (κ2) is 6.46. The summed E-state index contributed by atoms with van der Waals surface area (Å²) in [6.07, 6.45) is 1.71. The van der Waals surface area contributed by atoms with E-state index in [0.717, 1.165) is 22.1 Å². The lowest BCUT2D eigenvalue weighted by Crippen LogP contribution is -2.08. The van der Waals surface area contributed by atoms with Crippen LogP contribution < -0.4 is 4.74 Å². The van der Waals surface area contributed by atoms with Crippen molar-refractivity contribution in [2.75, 3.05) is 18.6 Å². The minimum Gasteiger partial charge on any atom is -0.493 e. The second-order valence-electron chi connectivity index (χ2n) is 4.73. The highest BCUT2D eigenvalue weighted by Gasteiger charge is 2.08. The number of hydrogen-bond donors (Lipinski definition) is 0. The first-order valence-electron chi connectivity index (χ1n) is 6.38. The molecule has 2 aromatic carbocycles. The van der Waals surface area contributed by atoms with E-state index in [2.05, 4.69) is 0 Å². The van der Waals surface area contributed by atoms with E-state index in [-0.39, 0.29) is 5.75 Å². The number of fused-ring (bicyclic) bond motifs is 1. The quantitative estimate of drug-likeness (QED) is 0.606. The predicted octanol–water partition coefficient (Wildman–Crippen LogP) is 3.39. The van der Waals surface area contributed by atoms with E-state index >= 15 is 0 Å². The Morgan fingerprint density at radius 1 is 1.15 bits per heavy atom. The Morgan fingerprint density at radius 2 is 1.90 bits per heavy atom. The lowest BCUT2D eigenvalue weighted by molar-refractivity contribution is 0.316. The van der Waals surface area contributed by atoms with Gasteiger partial charge in [-0.15, -0.1) is 11.6 Å². The number of rotatable bonds is 6. The first-order valence-corrected chi connectivity index (χ1v) is 8.98. The topological polar surface area (TPSA) is 43.4 Å². The Balaban J connectivity index is 2.14. The van der Waals surface area contributed by atoms with Gasteiger partial charge in [0, 0.05) is 11.8 Å². The zero-order valence-corrected chi connectivity index (χ0v) is 12.9. The standard InChI is InChI=1S/C15H17ClO3S/c1-20(17,18)10-4-9-19-15-8-7-12-5-2-3-6-13(12)14(15)11-16/h2-3,5-8H,4,9-11H2,1H3. The molecular formula is C15H17ClO3S. The molecule has 5 heteroatoms. The van der Waals surface area contributed by atoms with Crippen LogP contribution in [-0.4, -0.2) is 27.0 Å². The van der Waals surface area contributed by atoms with Gasteiger partial charge in [0.1, 0.15) is 15.6 Å². The van der Waals surface area contributed by atoms with Gasteiger partial charge in [0.25, 0.3) is 0 Å². The van der Waals surface area contributed by atoms with Crippen molar-refractivity contribution in [2.45, 2.75) is 12.3 Å². The largest absolute Gasteiger partial charge is 0.493 e. The van der Waals surface area contributed by atoms with Crippen molar-refractivity contribution in [3.05, 3.63) is 42.0 Å². The maximum atomic E-state index is 11.1. The Labute approximate surface area is 124 Å². The molecule has 0 spiro atoms. The fourth-order valence-corrected chi connectivity index (χ4v) is 3.01. The van der Waals surface area contributed by atoms with Crippen molar-refractivity contribution in [3.8, 4) is 5.75 Å². The van der Waals surface area contributed by atoms with Crippen LogP contribution in [0.25, 0.3) is 10.8 Å². The molecule has 0 heterocycles. The van der Waals surface area contributed by atoms with Crippen LogP contribution in [0, 0.1) is 0 Å². The molecule has 0 saturated heterocycles. The molecule has 20 heavy (non-hydrogen) atoms. The Hall–Kier alpha value is -1.26. The summed E-state index contributed by atoms with van der Waals surface area (Å²) in [5.41, 5.74) is 0.948. The Morgan fingerprint density at radius 3 is 2.60 bits per heavy atom. The highest BCUT2D eigenvalue weighted by atomic mass is 35.5. The van der Waals surface area contributed by atoms with Gasteiger partial charge in [-0.1, -0.05) is 30.3 Å². The molecule has 108 valence electrons. The first kappa shape index (κ1) is 15.1. The van der Waals surface area contributed by atoms with Crippen LogP contribution in [-0.2, 0) is 15.7 Å². The lowest BCUT2D eigenvalue weighted by atomic mass is 10.0. The summed E-state index contributed by atoms with van der Waals surface area (Å²) in [4.78, 5) is 0. The summed E-state index contributed by atoms with van der Waals surface area (Å²) in [6.45, 7) is 0.370. The molecular weight excluding hydrogens is 296 g/mol. The van der Waals surface area contributed by atoms with Crippen molar-refractivity contribution in [1.29, 1.82) is 0 Å². The van der Waals surface area contributed by atoms with E-state index in [1.54, 1.807) is 0 Å². The molecule has 0 atom stereocenters. The van der Waals surface area contributed by atoms with E-state index in [0.29, 0.717) is 18.9 Å². The normalized spacial score (nSPS) is 11.7. The molecule has 2 rings (SSSR count). The Kier molecular flexibility index (Phi) is 4.89. The summed E-state index contributed by atoms with van der Waals surface area (Å²) in [6, 6.07) is 11.9. The van der Waals surface area contributed by atoms with Crippen LogP contribution in [0.4, 0.5) is 0 Å². The molecule has 0 aliphatic rings. The number of halogens is 1. The van der Waals surface area contributed by atoms with E-state index in [1.165, 1.54) is 6.26 Å². The molecule has 3 nitrogen and oxygen atoms in total. The van der Waals surface area contributed by atoms with Crippen LogP contribution >= 0.6 is 11.6 Å². The SMILES string of the molecule is CS(=O)(=O)CCCOc1ccc2ccccc2c1CCl. The van der Waals surface area contributed by atoms with Crippen LogP contribution in [0.3, 0.4) is 0 Å². The molecule has 2 aromatic rings. The van der Waals surface area contributed by atoms with Crippen molar-refractivity contribution in [2.24, 2.45) is 0 Å². The third-order valence-corrected chi connectivity index (χ3v) is 4.35. The van der Waals surface area contributed by atoms with E-state index < -0.39 is 9.84 Å². The summed E-state index contributed by atoms with van der Waals surface area (Å²) >= 11 is 6.02. The van der Waals surface area contributed by atoms with Gasteiger partial charge >= 0.3 is 0 Å². The molecule has 0 saturated carbocycles. The van der Waals surface area contributed by atoms with Crippen LogP contribution in [0.15, 0.2) is 36.4 Å². The lowest BCUT2D eigenvalue weighted by Gasteiger charge is -2.12. The van der Waals surface area contributed by atoms with Crippen LogP contribution in [0.5, 0.6) is 5.75 Å². The van der Waals surface area contributed by atoms with Gasteiger partial charge in [-0.2, -0.15) is 0 Å².